The Hall–Kier alpha value is -1.68. The molecule has 0 atom stereocenters. The number of hydrogen-bond donors (Lipinski definition) is 1. The second-order valence-electron chi connectivity index (χ2n) is 6.34. The fraction of sp³-hybridized carbons (Fsp3) is 0.500. The highest BCUT2D eigenvalue weighted by Crippen LogP contribution is 2.17. The van der Waals surface area contributed by atoms with E-state index in [1.807, 2.05) is 18.5 Å². The van der Waals surface area contributed by atoms with Gasteiger partial charge in [0.05, 0.1) is 5.69 Å². The second-order valence-corrected chi connectivity index (χ2v) is 6.34. The Morgan fingerprint density at radius 2 is 1.85 bits per heavy atom. The third kappa shape index (κ3) is 3.45. The van der Waals surface area contributed by atoms with Gasteiger partial charge in [-0.3, -0.25) is 0 Å². The molecular weight excluding hydrogens is 248 g/mol. The first-order valence-corrected chi connectivity index (χ1v) is 7.01. The smallest absolute Gasteiger partial charge is 0.148 e. The Morgan fingerprint density at radius 3 is 2.35 bits per heavy atom. The monoisotopic (exact) mass is 272 g/mol. The Bertz CT molecular complexity index is 605. The Kier molecular flexibility index (Phi) is 3.95. The van der Waals surface area contributed by atoms with Gasteiger partial charge in [0.25, 0.3) is 0 Å². The summed E-state index contributed by atoms with van der Waals surface area (Å²) >= 11 is 0. The van der Waals surface area contributed by atoms with Crippen LogP contribution < -0.4 is 5.32 Å². The Balaban J connectivity index is 2.24. The lowest BCUT2D eigenvalue weighted by molar-refractivity contribution is 0.424. The van der Waals surface area contributed by atoms with Crippen LogP contribution in [0.3, 0.4) is 0 Å². The van der Waals surface area contributed by atoms with Gasteiger partial charge in [0.15, 0.2) is 0 Å². The molecule has 0 unspecified atom stereocenters. The normalized spacial score (nSPS) is 11.9. The van der Waals surface area contributed by atoms with Crippen LogP contribution in [0.2, 0.25) is 0 Å². The summed E-state index contributed by atoms with van der Waals surface area (Å²) in [5.74, 6) is 1.73. The summed E-state index contributed by atoms with van der Waals surface area (Å²) in [6.07, 6.45) is 0. The average molecular weight is 272 g/mol. The van der Waals surface area contributed by atoms with Gasteiger partial charge in [0.2, 0.25) is 0 Å². The van der Waals surface area contributed by atoms with Crippen LogP contribution in [-0.4, -0.2) is 20.3 Å². The second kappa shape index (κ2) is 5.37. The summed E-state index contributed by atoms with van der Waals surface area (Å²) < 4.78 is 1.91. The number of nitrogens with zero attached hydrogens (tertiary/aromatic N) is 3. The van der Waals surface area contributed by atoms with Crippen molar-refractivity contribution in [2.45, 2.75) is 53.6 Å². The van der Waals surface area contributed by atoms with Crippen molar-refractivity contribution in [1.82, 2.24) is 20.1 Å². The number of benzene rings is 1. The van der Waals surface area contributed by atoms with Gasteiger partial charge in [-0.15, -0.1) is 0 Å². The highest BCUT2D eigenvalue weighted by Gasteiger charge is 2.11. The number of aromatic nitrogens is 3. The molecule has 0 spiro atoms. The van der Waals surface area contributed by atoms with Gasteiger partial charge in [-0.25, -0.2) is 9.67 Å². The molecule has 1 aromatic heterocycles. The van der Waals surface area contributed by atoms with E-state index >= 15 is 0 Å². The van der Waals surface area contributed by atoms with Crippen LogP contribution in [-0.2, 0) is 6.54 Å². The lowest BCUT2D eigenvalue weighted by Gasteiger charge is -2.21. The first kappa shape index (κ1) is 14.7. The minimum absolute atomic E-state index is 0.131. The molecule has 1 heterocycles. The quantitative estimate of drug-likeness (QED) is 0.933. The molecule has 0 bridgehead atoms. The van der Waals surface area contributed by atoms with Crippen molar-refractivity contribution in [3.05, 3.63) is 41.0 Å². The molecule has 0 aliphatic heterocycles. The topological polar surface area (TPSA) is 42.7 Å². The van der Waals surface area contributed by atoms with Crippen LogP contribution in [0, 0.1) is 20.8 Å². The first-order valence-electron chi connectivity index (χ1n) is 7.01. The third-order valence-corrected chi connectivity index (χ3v) is 3.19. The van der Waals surface area contributed by atoms with Gasteiger partial charge in [0, 0.05) is 12.1 Å². The number of aryl methyl sites for hydroxylation is 3. The third-order valence-electron chi connectivity index (χ3n) is 3.19. The van der Waals surface area contributed by atoms with Crippen LogP contribution in [0.15, 0.2) is 18.2 Å². The predicted molar refractivity (Wildman–Crippen MR) is 82.2 cm³/mol. The Labute approximate surface area is 121 Å². The summed E-state index contributed by atoms with van der Waals surface area (Å²) in [6, 6.07) is 6.48. The molecule has 0 saturated carbocycles. The average Bonchev–Trinajstić information content (AvgIpc) is 2.65. The Morgan fingerprint density at radius 1 is 1.15 bits per heavy atom. The van der Waals surface area contributed by atoms with Gasteiger partial charge in [-0.2, -0.15) is 5.10 Å². The van der Waals surface area contributed by atoms with E-state index < -0.39 is 0 Å². The number of hydrogen-bond acceptors (Lipinski definition) is 3. The molecule has 4 heteroatoms. The lowest BCUT2D eigenvalue weighted by Crippen LogP contribution is -2.35. The molecule has 1 N–H and O–H groups in total. The minimum atomic E-state index is 0.131. The van der Waals surface area contributed by atoms with E-state index in [2.05, 4.69) is 61.3 Å². The number of rotatable bonds is 3. The summed E-state index contributed by atoms with van der Waals surface area (Å²) in [4.78, 5) is 4.36. The fourth-order valence-corrected chi connectivity index (χ4v) is 2.18. The van der Waals surface area contributed by atoms with E-state index in [4.69, 9.17) is 0 Å². The maximum absolute atomic E-state index is 4.45. The lowest BCUT2D eigenvalue weighted by atomic mass is 10.1. The summed E-state index contributed by atoms with van der Waals surface area (Å²) in [5.41, 5.74) is 3.73. The molecular formula is C16H24N4. The van der Waals surface area contributed by atoms with E-state index in [0.29, 0.717) is 0 Å². The maximum Gasteiger partial charge on any atom is 0.148 e. The van der Waals surface area contributed by atoms with Crippen LogP contribution in [0.1, 0.15) is 43.5 Å². The molecule has 108 valence electrons. The summed E-state index contributed by atoms with van der Waals surface area (Å²) in [6.45, 7) is 13.4. The van der Waals surface area contributed by atoms with Crippen LogP contribution >= 0.6 is 0 Å². The van der Waals surface area contributed by atoms with Gasteiger partial charge in [0.1, 0.15) is 11.6 Å². The molecule has 0 aliphatic rings. The van der Waals surface area contributed by atoms with Crippen molar-refractivity contribution in [1.29, 1.82) is 0 Å². The molecule has 2 rings (SSSR count). The predicted octanol–water partition coefficient (Wildman–Crippen LogP) is 3.08. The molecule has 1 aromatic carbocycles. The van der Waals surface area contributed by atoms with Gasteiger partial charge in [-0.05, 0) is 58.7 Å². The minimum Gasteiger partial charge on any atom is -0.308 e. The molecule has 20 heavy (non-hydrogen) atoms. The highest BCUT2D eigenvalue weighted by atomic mass is 15.3. The molecule has 2 aromatic rings. The molecule has 4 nitrogen and oxygen atoms in total. The van der Waals surface area contributed by atoms with Crippen molar-refractivity contribution >= 4 is 0 Å². The van der Waals surface area contributed by atoms with Crippen molar-refractivity contribution in [3.8, 4) is 5.69 Å². The molecule has 0 aliphatic carbocycles. The van der Waals surface area contributed by atoms with Crippen LogP contribution in [0.4, 0.5) is 0 Å². The largest absolute Gasteiger partial charge is 0.308 e. The van der Waals surface area contributed by atoms with Crippen molar-refractivity contribution in [2.75, 3.05) is 0 Å². The number of nitrogens with one attached hydrogen (secondary N) is 1. The molecule has 0 amide bonds. The van der Waals surface area contributed by atoms with Crippen molar-refractivity contribution in [2.24, 2.45) is 0 Å². The van der Waals surface area contributed by atoms with Gasteiger partial charge >= 0.3 is 0 Å². The van der Waals surface area contributed by atoms with Crippen LogP contribution in [0.25, 0.3) is 5.69 Å². The van der Waals surface area contributed by atoms with E-state index in [0.717, 1.165) is 23.9 Å². The summed E-state index contributed by atoms with van der Waals surface area (Å²) in [5, 5.41) is 7.95. The van der Waals surface area contributed by atoms with Crippen molar-refractivity contribution in [3.63, 3.8) is 0 Å². The molecule has 0 fully saturated rings. The van der Waals surface area contributed by atoms with E-state index in [-0.39, 0.29) is 5.54 Å². The molecule has 0 saturated heterocycles. The van der Waals surface area contributed by atoms with Crippen LogP contribution in [0.5, 0.6) is 0 Å². The van der Waals surface area contributed by atoms with E-state index in [1.165, 1.54) is 11.1 Å². The zero-order chi connectivity index (χ0) is 14.9. The zero-order valence-corrected chi connectivity index (χ0v) is 13.3. The first-order chi connectivity index (χ1) is 9.26. The highest BCUT2D eigenvalue weighted by molar-refractivity contribution is 5.42. The van der Waals surface area contributed by atoms with Gasteiger partial charge in [-0.1, -0.05) is 12.1 Å². The fourth-order valence-electron chi connectivity index (χ4n) is 2.18. The molecule has 0 radical (unpaired) electrons. The summed E-state index contributed by atoms with van der Waals surface area (Å²) in [7, 11) is 0. The van der Waals surface area contributed by atoms with Gasteiger partial charge < -0.3 is 5.32 Å². The standard InChI is InChI=1S/C16H24N4/c1-11-9-14(10-17-16(4,5)6)7-8-15(11)20-13(3)18-12(2)19-20/h7-9,17H,10H2,1-6H3. The maximum atomic E-state index is 4.45. The van der Waals surface area contributed by atoms with E-state index in [9.17, 15) is 0 Å². The SMILES string of the molecule is Cc1nc(C)n(-c2ccc(CNC(C)(C)C)cc2C)n1. The van der Waals surface area contributed by atoms with Crippen molar-refractivity contribution < 1.29 is 0 Å². The zero-order valence-electron chi connectivity index (χ0n) is 13.3. The van der Waals surface area contributed by atoms with E-state index in [1.54, 1.807) is 0 Å².